The molecule has 0 aliphatic heterocycles. The molecule has 0 saturated carbocycles. The molecule has 0 aromatic carbocycles. The molecule has 0 fully saturated rings. The number of aryl methyl sites for hydroxylation is 1. The van der Waals surface area contributed by atoms with Gasteiger partial charge < -0.3 is 9.73 Å². The quantitative estimate of drug-likeness (QED) is 0.332. The monoisotopic (exact) mass is 127 g/mol. The Hall–Kier alpha value is -1.39. The number of nitrogens with zero attached hydrogens (tertiary/aromatic N) is 3. The van der Waals surface area contributed by atoms with Crippen LogP contribution in [0.15, 0.2) is 9.68 Å². The molecule has 0 spiro atoms. The molecule has 9 heavy (non-hydrogen) atoms. The van der Waals surface area contributed by atoms with Crippen molar-refractivity contribution in [1.29, 1.82) is 0 Å². The molecule has 0 amide bonds. The largest absolute Gasteiger partial charge is 0.411 e. The van der Waals surface area contributed by atoms with Gasteiger partial charge in [-0.15, -0.1) is 0 Å². The number of oxime groups is 1. The van der Waals surface area contributed by atoms with Crippen molar-refractivity contribution in [3.8, 4) is 0 Å². The summed E-state index contributed by atoms with van der Waals surface area (Å²) in [5.74, 6) is 0.722. The Morgan fingerprint density at radius 1 is 1.78 bits per heavy atom. The molecule has 0 saturated heterocycles. The second-order valence-electron chi connectivity index (χ2n) is 1.42. The molecule has 48 valence electrons. The standard InChI is InChI=1S/C4H5N3O2/c1-3-6-4(2-5-8)9-7-3/h2,8H,1H3/b5-2+. The van der Waals surface area contributed by atoms with Gasteiger partial charge in [-0.25, -0.2) is 0 Å². The summed E-state index contributed by atoms with van der Waals surface area (Å²) in [6.07, 6.45) is 1.07. The Balaban J connectivity index is 2.85. The van der Waals surface area contributed by atoms with Gasteiger partial charge in [-0.1, -0.05) is 10.3 Å². The van der Waals surface area contributed by atoms with Crippen molar-refractivity contribution in [1.82, 2.24) is 10.1 Å². The highest BCUT2D eigenvalue weighted by Crippen LogP contribution is 1.89. The van der Waals surface area contributed by atoms with Gasteiger partial charge in [0.25, 0.3) is 5.89 Å². The van der Waals surface area contributed by atoms with Crippen molar-refractivity contribution in [3.63, 3.8) is 0 Å². The Kier molecular flexibility index (Phi) is 1.44. The first kappa shape index (κ1) is 5.74. The van der Waals surface area contributed by atoms with Crippen LogP contribution in [0.5, 0.6) is 0 Å². The molecule has 0 radical (unpaired) electrons. The molecule has 0 bridgehead atoms. The van der Waals surface area contributed by atoms with E-state index in [1.165, 1.54) is 0 Å². The van der Waals surface area contributed by atoms with Crippen molar-refractivity contribution in [2.75, 3.05) is 0 Å². The summed E-state index contributed by atoms with van der Waals surface area (Å²) < 4.78 is 4.53. The van der Waals surface area contributed by atoms with Gasteiger partial charge in [0.15, 0.2) is 5.82 Å². The molecule has 0 atom stereocenters. The number of rotatable bonds is 1. The van der Waals surface area contributed by atoms with Crippen molar-refractivity contribution in [3.05, 3.63) is 11.7 Å². The molecule has 1 rings (SSSR count). The topological polar surface area (TPSA) is 71.5 Å². The van der Waals surface area contributed by atoms with Crippen LogP contribution < -0.4 is 0 Å². The van der Waals surface area contributed by atoms with E-state index in [1.54, 1.807) is 6.92 Å². The van der Waals surface area contributed by atoms with Crippen molar-refractivity contribution in [2.45, 2.75) is 6.92 Å². The molecule has 1 aromatic rings. The number of hydrogen-bond acceptors (Lipinski definition) is 5. The van der Waals surface area contributed by atoms with Crippen LogP contribution >= 0.6 is 0 Å². The van der Waals surface area contributed by atoms with E-state index in [2.05, 4.69) is 19.8 Å². The number of hydrogen-bond donors (Lipinski definition) is 1. The van der Waals surface area contributed by atoms with Crippen LogP contribution in [0.2, 0.25) is 0 Å². The fourth-order valence-corrected chi connectivity index (χ4v) is 0.415. The molecule has 5 nitrogen and oxygen atoms in total. The molecular formula is C4H5N3O2. The van der Waals surface area contributed by atoms with Crippen molar-refractivity contribution < 1.29 is 9.73 Å². The highest BCUT2D eigenvalue weighted by atomic mass is 16.5. The molecule has 0 unspecified atom stereocenters. The first-order valence-electron chi connectivity index (χ1n) is 2.30. The van der Waals surface area contributed by atoms with Crippen LogP contribution in [0.25, 0.3) is 0 Å². The lowest BCUT2D eigenvalue weighted by Gasteiger charge is -1.70. The van der Waals surface area contributed by atoms with Crippen LogP contribution in [0, 0.1) is 6.92 Å². The Morgan fingerprint density at radius 3 is 3.00 bits per heavy atom. The Morgan fingerprint density at radius 2 is 2.56 bits per heavy atom. The molecule has 0 aliphatic carbocycles. The highest BCUT2D eigenvalue weighted by Gasteiger charge is 1.95. The van der Waals surface area contributed by atoms with Crippen molar-refractivity contribution in [2.24, 2.45) is 5.16 Å². The van der Waals surface area contributed by atoms with Crippen LogP contribution in [0.4, 0.5) is 0 Å². The maximum absolute atomic E-state index is 7.97. The minimum absolute atomic E-state index is 0.204. The lowest BCUT2D eigenvalue weighted by Crippen LogP contribution is -1.78. The minimum atomic E-state index is 0.204. The molecular weight excluding hydrogens is 122 g/mol. The summed E-state index contributed by atoms with van der Waals surface area (Å²) in [5, 5.41) is 14.1. The normalized spacial score (nSPS) is 10.8. The van der Waals surface area contributed by atoms with Gasteiger partial charge in [0.2, 0.25) is 0 Å². The minimum Gasteiger partial charge on any atom is -0.411 e. The maximum atomic E-state index is 7.97. The second-order valence-corrected chi connectivity index (χ2v) is 1.42. The summed E-state index contributed by atoms with van der Waals surface area (Å²) in [7, 11) is 0. The van der Waals surface area contributed by atoms with Crippen LogP contribution in [-0.2, 0) is 0 Å². The van der Waals surface area contributed by atoms with Gasteiger partial charge in [-0.3, -0.25) is 0 Å². The second kappa shape index (κ2) is 2.25. The van der Waals surface area contributed by atoms with E-state index >= 15 is 0 Å². The summed E-state index contributed by atoms with van der Waals surface area (Å²) in [4.78, 5) is 3.71. The van der Waals surface area contributed by atoms with Crippen molar-refractivity contribution >= 4 is 6.21 Å². The van der Waals surface area contributed by atoms with Gasteiger partial charge in [0.1, 0.15) is 6.21 Å². The van der Waals surface area contributed by atoms with Crippen LogP contribution in [-0.4, -0.2) is 21.6 Å². The molecule has 1 aromatic heterocycles. The van der Waals surface area contributed by atoms with E-state index < -0.39 is 0 Å². The zero-order valence-corrected chi connectivity index (χ0v) is 4.77. The first-order valence-corrected chi connectivity index (χ1v) is 2.30. The fraction of sp³-hybridized carbons (Fsp3) is 0.250. The third-order valence-corrected chi connectivity index (χ3v) is 0.711. The van der Waals surface area contributed by atoms with E-state index in [9.17, 15) is 0 Å². The Bertz CT molecular complexity index is 217. The summed E-state index contributed by atoms with van der Waals surface area (Å²) >= 11 is 0. The zero-order chi connectivity index (χ0) is 6.69. The van der Waals surface area contributed by atoms with E-state index in [0.717, 1.165) is 6.21 Å². The summed E-state index contributed by atoms with van der Waals surface area (Å²) in [6.45, 7) is 1.68. The lowest BCUT2D eigenvalue weighted by atomic mass is 10.7. The van der Waals surface area contributed by atoms with Gasteiger partial charge in [-0.05, 0) is 6.92 Å². The van der Waals surface area contributed by atoms with Gasteiger partial charge >= 0.3 is 0 Å². The molecule has 1 N–H and O–H groups in total. The molecule has 5 heteroatoms. The summed E-state index contributed by atoms with van der Waals surface area (Å²) in [6, 6.07) is 0. The van der Waals surface area contributed by atoms with Gasteiger partial charge in [-0.2, -0.15) is 4.98 Å². The third-order valence-electron chi connectivity index (χ3n) is 0.711. The molecule has 1 heterocycles. The van der Waals surface area contributed by atoms with Crippen LogP contribution in [0.3, 0.4) is 0 Å². The van der Waals surface area contributed by atoms with E-state index in [1.807, 2.05) is 0 Å². The smallest absolute Gasteiger partial charge is 0.272 e. The van der Waals surface area contributed by atoms with Gasteiger partial charge in [0.05, 0.1) is 0 Å². The van der Waals surface area contributed by atoms with Crippen LogP contribution in [0.1, 0.15) is 11.7 Å². The van der Waals surface area contributed by atoms with E-state index in [0.29, 0.717) is 5.82 Å². The predicted molar refractivity (Wildman–Crippen MR) is 28.4 cm³/mol. The number of aromatic nitrogens is 2. The highest BCUT2D eigenvalue weighted by molar-refractivity contribution is 5.72. The van der Waals surface area contributed by atoms with Gasteiger partial charge in [0, 0.05) is 0 Å². The average molecular weight is 127 g/mol. The van der Waals surface area contributed by atoms with E-state index in [4.69, 9.17) is 5.21 Å². The zero-order valence-electron chi connectivity index (χ0n) is 4.77. The lowest BCUT2D eigenvalue weighted by molar-refractivity contribution is 0.319. The first-order chi connectivity index (χ1) is 4.33. The fourth-order valence-electron chi connectivity index (χ4n) is 0.415. The summed E-state index contributed by atoms with van der Waals surface area (Å²) in [5.41, 5.74) is 0. The van der Waals surface area contributed by atoms with E-state index in [-0.39, 0.29) is 5.89 Å². The maximum Gasteiger partial charge on any atom is 0.272 e. The Labute approximate surface area is 51.0 Å². The predicted octanol–water partition coefficient (Wildman–Crippen LogP) is 0.186. The SMILES string of the molecule is Cc1noc(/C=N/O)n1. The molecule has 0 aliphatic rings. The average Bonchev–Trinajstić information content (AvgIpc) is 2.17. The third kappa shape index (κ3) is 1.25.